The van der Waals surface area contributed by atoms with Crippen molar-refractivity contribution in [3.05, 3.63) is 18.4 Å². The third-order valence-corrected chi connectivity index (χ3v) is 0.748. The molecule has 1 aromatic heterocycles. The van der Waals surface area contributed by atoms with Crippen LogP contribution in [0.15, 0.2) is 17.2 Å². The Morgan fingerprint density at radius 1 is 1.88 bits per heavy atom. The van der Waals surface area contributed by atoms with Gasteiger partial charge in [0.25, 0.3) is 0 Å². The summed E-state index contributed by atoms with van der Waals surface area (Å²) < 4.78 is 4.62. The highest BCUT2D eigenvalue weighted by Gasteiger charge is 1.91. The normalized spacial score (nSPS) is 9.00. The molecule has 0 aromatic carbocycles. The summed E-state index contributed by atoms with van der Waals surface area (Å²) >= 11 is 0. The molecule has 2 N–H and O–H groups in total. The molecule has 1 aromatic rings. The van der Waals surface area contributed by atoms with E-state index in [0.29, 0.717) is 11.6 Å². The van der Waals surface area contributed by atoms with Crippen molar-refractivity contribution in [2.45, 2.75) is 0 Å². The molecule has 0 bridgehead atoms. The Hall–Kier alpha value is -1.25. The lowest BCUT2D eigenvalue weighted by Crippen LogP contribution is -1.79. The van der Waals surface area contributed by atoms with Crippen LogP contribution in [0.3, 0.4) is 0 Å². The minimum Gasteiger partial charge on any atom is -0.381 e. The van der Waals surface area contributed by atoms with Crippen molar-refractivity contribution in [3.8, 4) is 0 Å². The van der Waals surface area contributed by atoms with E-state index in [1.54, 1.807) is 12.1 Å². The first kappa shape index (κ1) is 4.90. The van der Waals surface area contributed by atoms with Gasteiger partial charge in [0, 0.05) is 6.07 Å². The molecule has 0 amide bonds. The van der Waals surface area contributed by atoms with Crippen LogP contribution in [0.2, 0.25) is 0 Å². The van der Waals surface area contributed by atoms with Gasteiger partial charge in [0.2, 0.25) is 0 Å². The first-order chi connectivity index (χ1) is 3.83. The predicted octanol–water partition coefficient (Wildman–Crippen LogP) is 0.900. The Kier molecular flexibility index (Phi) is 1.04. The monoisotopic (exact) mass is 110 g/mol. The number of anilines is 1. The topological polar surface area (TPSA) is 52.0 Å². The average Bonchev–Trinajstić information content (AvgIpc) is 2.14. The Labute approximate surface area is 46.8 Å². The molecule has 42 valence electrons. The van der Waals surface area contributed by atoms with Crippen LogP contribution < -0.4 is 5.73 Å². The molecule has 0 aliphatic heterocycles. The van der Waals surface area contributed by atoms with Crippen LogP contribution in [0.5, 0.6) is 0 Å². The zero-order valence-corrected chi connectivity index (χ0v) is 4.29. The van der Waals surface area contributed by atoms with E-state index in [1.807, 2.05) is 0 Å². The summed E-state index contributed by atoms with van der Waals surface area (Å²) in [6.45, 7) is 3.45. The fraction of sp³-hybridized carbons (Fsp3) is 0. The summed E-state index contributed by atoms with van der Waals surface area (Å²) in [6.07, 6.45) is 1.54. The smallest absolute Gasteiger partial charge is 0.167 e. The molecule has 0 unspecified atom stereocenters. The van der Waals surface area contributed by atoms with Crippen molar-refractivity contribution in [1.29, 1.82) is 0 Å². The molecule has 0 radical (unpaired) electrons. The van der Waals surface area contributed by atoms with Gasteiger partial charge < -0.3 is 10.3 Å². The predicted molar refractivity (Wildman–Crippen MR) is 31.0 cm³/mol. The van der Waals surface area contributed by atoms with E-state index >= 15 is 0 Å². The Morgan fingerprint density at radius 3 is 2.88 bits per heavy atom. The minimum absolute atomic E-state index is 0.389. The molecule has 0 saturated carbocycles. The second kappa shape index (κ2) is 1.69. The van der Waals surface area contributed by atoms with Crippen LogP contribution in [0.25, 0.3) is 6.08 Å². The molecule has 0 aliphatic rings. The Balaban J connectivity index is 3.00. The summed E-state index contributed by atoms with van der Waals surface area (Å²) in [5, 5.41) is 3.42. The van der Waals surface area contributed by atoms with Crippen molar-refractivity contribution in [3.63, 3.8) is 0 Å². The van der Waals surface area contributed by atoms with E-state index < -0.39 is 0 Å². The number of hydrogen-bond acceptors (Lipinski definition) is 3. The van der Waals surface area contributed by atoms with Crippen molar-refractivity contribution in [2.24, 2.45) is 0 Å². The molecule has 1 heterocycles. The lowest BCUT2D eigenvalue weighted by atomic mass is 10.4. The van der Waals surface area contributed by atoms with Crippen LogP contribution in [0.4, 0.5) is 5.82 Å². The summed E-state index contributed by atoms with van der Waals surface area (Å²) in [4.78, 5) is 0. The standard InChI is InChI=1S/C5H6N2O/c1-2-4-3-5(6)7-8-4/h2-3H,1H2,(H2,6,7). The van der Waals surface area contributed by atoms with E-state index in [1.165, 1.54) is 0 Å². The first-order valence-electron chi connectivity index (χ1n) is 2.17. The van der Waals surface area contributed by atoms with Gasteiger partial charge in [-0.15, -0.1) is 0 Å². The van der Waals surface area contributed by atoms with Crippen molar-refractivity contribution < 1.29 is 4.52 Å². The van der Waals surface area contributed by atoms with Crippen molar-refractivity contribution >= 4 is 11.9 Å². The summed E-state index contributed by atoms with van der Waals surface area (Å²) in [7, 11) is 0. The Bertz CT molecular complexity index is 192. The number of aromatic nitrogens is 1. The van der Waals surface area contributed by atoms with Gasteiger partial charge in [-0.3, -0.25) is 0 Å². The minimum atomic E-state index is 0.389. The van der Waals surface area contributed by atoms with Gasteiger partial charge in [0.1, 0.15) is 0 Å². The van der Waals surface area contributed by atoms with E-state index in [2.05, 4.69) is 16.3 Å². The largest absolute Gasteiger partial charge is 0.381 e. The number of nitrogens with zero attached hydrogens (tertiary/aromatic N) is 1. The third kappa shape index (κ3) is 0.703. The van der Waals surface area contributed by atoms with E-state index in [0.717, 1.165) is 0 Å². The second-order valence-corrected chi connectivity index (χ2v) is 1.36. The Morgan fingerprint density at radius 2 is 2.62 bits per heavy atom. The fourth-order valence-corrected chi connectivity index (χ4v) is 0.400. The zero-order valence-electron chi connectivity index (χ0n) is 4.29. The molecule has 0 atom stereocenters. The molecule has 3 heteroatoms. The van der Waals surface area contributed by atoms with Gasteiger partial charge in [-0.2, -0.15) is 0 Å². The quantitative estimate of drug-likeness (QED) is 0.584. The SMILES string of the molecule is C=Cc1cc(N)no1. The molecular formula is C5H6N2O. The number of hydrogen-bond donors (Lipinski definition) is 1. The summed E-state index contributed by atoms with van der Waals surface area (Å²) in [5.41, 5.74) is 5.20. The van der Waals surface area contributed by atoms with Gasteiger partial charge in [0.05, 0.1) is 0 Å². The lowest BCUT2D eigenvalue weighted by molar-refractivity contribution is 0.416. The van der Waals surface area contributed by atoms with Crippen LogP contribution >= 0.6 is 0 Å². The lowest BCUT2D eigenvalue weighted by Gasteiger charge is -1.69. The maximum absolute atomic E-state index is 5.20. The van der Waals surface area contributed by atoms with Crippen molar-refractivity contribution in [1.82, 2.24) is 5.16 Å². The number of rotatable bonds is 1. The molecule has 0 spiro atoms. The van der Waals surface area contributed by atoms with E-state index in [4.69, 9.17) is 5.73 Å². The number of nitrogen functional groups attached to an aromatic ring is 1. The maximum atomic E-state index is 5.20. The highest BCUT2D eigenvalue weighted by molar-refractivity contribution is 5.44. The fourth-order valence-electron chi connectivity index (χ4n) is 0.400. The molecule has 3 nitrogen and oxygen atoms in total. The van der Waals surface area contributed by atoms with Crippen LogP contribution in [0, 0.1) is 0 Å². The average molecular weight is 110 g/mol. The summed E-state index contributed by atoms with van der Waals surface area (Å²) in [6, 6.07) is 1.60. The van der Waals surface area contributed by atoms with E-state index in [-0.39, 0.29) is 0 Å². The summed E-state index contributed by atoms with van der Waals surface area (Å²) in [5.74, 6) is 0.988. The van der Waals surface area contributed by atoms with Gasteiger partial charge in [0.15, 0.2) is 11.6 Å². The second-order valence-electron chi connectivity index (χ2n) is 1.36. The molecular weight excluding hydrogens is 104 g/mol. The zero-order chi connectivity index (χ0) is 5.98. The van der Waals surface area contributed by atoms with Crippen LogP contribution in [0.1, 0.15) is 5.76 Å². The van der Waals surface area contributed by atoms with Gasteiger partial charge in [-0.25, -0.2) is 0 Å². The molecule has 0 aliphatic carbocycles. The van der Waals surface area contributed by atoms with Crippen molar-refractivity contribution in [2.75, 3.05) is 5.73 Å². The highest BCUT2D eigenvalue weighted by atomic mass is 16.5. The van der Waals surface area contributed by atoms with Crippen LogP contribution in [-0.2, 0) is 0 Å². The molecule has 0 fully saturated rings. The molecule has 1 rings (SSSR count). The van der Waals surface area contributed by atoms with Crippen LogP contribution in [-0.4, -0.2) is 5.16 Å². The van der Waals surface area contributed by atoms with Gasteiger partial charge in [-0.05, 0) is 6.08 Å². The third-order valence-electron chi connectivity index (χ3n) is 0.748. The van der Waals surface area contributed by atoms with E-state index in [9.17, 15) is 0 Å². The van der Waals surface area contributed by atoms with Gasteiger partial charge in [-0.1, -0.05) is 11.7 Å². The molecule has 0 saturated heterocycles. The first-order valence-corrected chi connectivity index (χ1v) is 2.17. The number of nitrogens with two attached hydrogens (primary N) is 1. The highest BCUT2D eigenvalue weighted by Crippen LogP contribution is 2.03. The maximum Gasteiger partial charge on any atom is 0.167 e. The molecule has 8 heavy (non-hydrogen) atoms. The van der Waals surface area contributed by atoms with Gasteiger partial charge >= 0.3 is 0 Å².